The third kappa shape index (κ3) is 5.06. The number of hydrogen-bond donors (Lipinski definition) is 1. The summed E-state index contributed by atoms with van der Waals surface area (Å²) in [4.78, 5) is 0. The van der Waals surface area contributed by atoms with Crippen LogP contribution in [0.4, 0.5) is 13.2 Å². The molecule has 6 heteroatoms. The van der Waals surface area contributed by atoms with Crippen molar-refractivity contribution in [3.05, 3.63) is 63.9 Å². The minimum absolute atomic E-state index is 0.135. The van der Waals surface area contributed by atoms with Gasteiger partial charge in [0.25, 0.3) is 0 Å². The van der Waals surface area contributed by atoms with E-state index in [0.29, 0.717) is 17.6 Å². The van der Waals surface area contributed by atoms with E-state index in [1.165, 1.54) is 18.2 Å². The maximum absolute atomic E-state index is 13.1. The van der Waals surface area contributed by atoms with Gasteiger partial charge in [0, 0.05) is 13.1 Å². The van der Waals surface area contributed by atoms with Crippen LogP contribution in [0.1, 0.15) is 11.1 Å². The molecular weight excluding hydrogens is 347 g/mol. The Bertz CT molecular complexity index is 590. The molecule has 0 aliphatic heterocycles. The maximum atomic E-state index is 13.1. The van der Waals surface area contributed by atoms with Crippen molar-refractivity contribution in [2.75, 3.05) is 0 Å². The summed E-state index contributed by atoms with van der Waals surface area (Å²) in [6.07, 6.45) is 0. The first kappa shape index (κ1) is 15.9. The molecule has 0 aromatic heterocycles. The van der Waals surface area contributed by atoms with Gasteiger partial charge in [-0.15, -0.1) is 0 Å². The highest BCUT2D eigenvalue weighted by molar-refractivity contribution is 9.10. The van der Waals surface area contributed by atoms with Gasteiger partial charge < -0.3 is 10.1 Å². The summed E-state index contributed by atoms with van der Waals surface area (Å²) in [7, 11) is 0. The van der Waals surface area contributed by atoms with Crippen molar-refractivity contribution in [2.45, 2.75) is 19.7 Å². The summed E-state index contributed by atoms with van der Waals surface area (Å²) in [5.41, 5.74) is 1.89. The van der Waals surface area contributed by atoms with E-state index in [1.54, 1.807) is 24.3 Å². The Kier molecular flexibility index (Phi) is 5.64. The predicted molar refractivity (Wildman–Crippen MR) is 77.7 cm³/mol. The minimum Gasteiger partial charge on any atom is -0.435 e. The Hall–Kier alpha value is -1.53. The van der Waals surface area contributed by atoms with Crippen LogP contribution in [0.5, 0.6) is 5.75 Å². The number of nitrogens with one attached hydrogen (secondary N) is 1. The first-order valence-electron chi connectivity index (χ1n) is 6.23. The van der Waals surface area contributed by atoms with E-state index >= 15 is 0 Å². The molecular formula is C15H13BrF3NO. The SMILES string of the molecule is Fc1ccc(CNCc2ccc(OC(F)F)cc2)cc1Br. The summed E-state index contributed by atoms with van der Waals surface area (Å²) < 4.78 is 41.8. The van der Waals surface area contributed by atoms with Crippen LogP contribution < -0.4 is 10.1 Å². The molecule has 1 N–H and O–H groups in total. The Labute approximate surface area is 129 Å². The van der Waals surface area contributed by atoms with Gasteiger partial charge in [0.2, 0.25) is 0 Å². The third-order valence-corrected chi connectivity index (χ3v) is 3.40. The second-order valence-corrected chi connectivity index (χ2v) is 5.23. The molecule has 0 saturated carbocycles. The number of alkyl halides is 2. The first-order chi connectivity index (χ1) is 10.0. The Morgan fingerprint density at radius 2 is 1.62 bits per heavy atom. The highest BCUT2D eigenvalue weighted by Gasteiger charge is 2.04. The molecule has 0 fully saturated rings. The summed E-state index contributed by atoms with van der Waals surface area (Å²) in [5, 5.41) is 3.19. The lowest BCUT2D eigenvalue weighted by Gasteiger charge is -2.08. The quantitative estimate of drug-likeness (QED) is 0.820. The van der Waals surface area contributed by atoms with E-state index < -0.39 is 6.61 Å². The predicted octanol–water partition coefficient (Wildman–Crippen LogP) is 4.48. The van der Waals surface area contributed by atoms with Crippen LogP contribution in [0.2, 0.25) is 0 Å². The zero-order valence-electron chi connectivity index (χ0n) is 11.0. The number of halogens is 4. The van der Waals surface area contributed by atoms with Crippen LogP contribution in [0.3, 0.4) is 0 Å². The third-order valence-electron chi connectivity index (χ3n) is 2.79. The number of rotatable bonds is 6. The van der Waals surface area contributed by atoms with E-state index in [9.17, 15) is 13.2 Å². The van der Waals surface area contributed by atoms with Gasteiger partial charge in [-0.1, -0.05) is 18.2 Å². The standard InChI is InChI=1S/C15H13BrF3NO/c16-13-7-11(3-6-14(13)17)9-20-8-10-1-4-12(5-2-10)21-15(18)19/h1-7,15,20H,8-9H2. The van der Waals surface area contributed by atoms with Crippen LogP contribution in [-0.2, 0) is 13.1 Å². The van der Waals surface area contributed by atoms with Gasteiger partial charge in [-0.2, -0.15) is 8.78 Å². The normalized spacial score (nSPS) is 10.9. The highest BCUT2D eigenvalue weighted by atomic mass is 79.9. The van der Waals surface area contributed by atoms with E-state index in [4.69, 9.17) is 0 Å². The van der Waals surface area contributed by atoms with Crippen molar-refractivity contribution in [3.63, 3.8) is 0 Å². The highest BCUT2D eigenvalue weighted by Crippen LogP contribution is 2.17. The fourth-order valence-corrected chi connectivity index (χ4v) is 2.22. The molecule has 0 unspecified atom stereocenters. The zero-order valence-corrected chi connectivity index (χ0v) is 12.5. The fourth-order valence-electron chi connectivity index (χ4n) is 1.79. The molecule has 0 spiro atoms. The molecule has 0 atom stereocenters. The van der Waals surface area contributed by atoms with Gasteiger partial charge >= 0.3 is 6.61 Å². The lowest BCUT2D eigenvalue weighted by molar-refractivity contribution is -0.0498. The van der Waals surface area contributed by atoms with E-state index in [1.807, 2.05) is 0 Å². The van der Waals surface area contributed by atoms with Crippen molar-refractivity contribution < 1.29 is 17.9 Å². The summed E-state index contributed by atoms with van der Waals surface area (Å²) in [5.74, 6) is -0.162. The molecule has 112 valence electrons. The number of ether oxygens (including phenoxy) is 1. The molecule has 2 nitrogen and oxygen atoms in total. The van der Waals surface area contributed by atoms with Crippen molar-refractivity contribution in [2.24, 2.45) is 0 Å². The topological polar surface area (TPSA) is 21.3 Å². The first-order valence-corrected chi connectivity index (χ1v) is 7.02. The number of benzene rings is 2. The molecule has 0 radical (unpaired) electrons. The maximum Gasteiger partial charge on any atom is 0.387 e. The number of hydrogen-bond acceptors (Lipinski definition) is 2. The molecule has 0 saturated heterocycles. The van der Waals surface area contributed by atoms with E-state index in [0.717, 1.165) is 11.1 Å². The molecule has 2 rings (SSSR count). The second-order valence-electron chi connectivity index (χ2n) is 4.37. The monoisotopic (exact) mass is 359 g/mol. The van der Waals surface area contributed by atoms with Gasteiger partial charge in [-0.3, -0.25) is 0 Å². The van der Waals surface area contributed by atoms with Crippen molar-refractivity contribution in [3.8, 4) is 5.75 Å². The van der Waals surface area contributed by atoms with Crippen molar-refractivity contribution in [1.29, 1.82) is 0 Å². The van der Waals surface area contributed by atoms with E-state index in [-0.39, 0.29) is 11.6 Å². The van der Waals surface area contributed by atoms with Gasteiger partial charge in [0.05, 0.1) is 4.47 Å². The van der Waals surface area contributed by atoms with Crippen LogP contribution in [0, 0.1) is 5.82 Å². The Balaban J connectivity index is 1.84. The Morgan fingerprint density at radius 1 is 1.00 bits per heavy atom. The lowest BCUT2D eigenvalue weighted by Crippen LogP contribution is -2.12. The lowest BCUT2D eigenvalue weighted by atomic mass is 10.2. The molecule has 2 aromatic carbocycles. The molecule has 2 aromatic rings. The van der Waals surface area contributed by atoms with Crippen LogP contribution in [-0.4, -0.2) is 6.61 Å². The summed E-state index contributed by atoms with van der Waals surface area (Å²) in [6.45, 7) is -1.66. The average Bonchev–Trinajstić information content (AvgIpc) is 2.44. The van der Waals surface area contributed by atoms with Crippen molar-refractivity contribution >= 4 is 15.9 Å². The largest absolute Gasteiger partial charge is 0.435 e. The summed E-state index contributed by atoms with van der Waals surface area (Å²) >= 11 is 3.13. The molecule has 0 heterocycles. The fraction of sp³-hybridized carbons (Fsp3) is 0.200. The molecule has 0 aliphatic rings. The van der Waals surface area contributed by atoms with Crippen molar-refractivity contribution in [1.82, 2.24) is 5.32 Å². The van der Waals surface area contributed by atoms with Crippen LogP contribution >= 0.6 is 15.9 Å². The molecule has 0 amide bonds. The van der Waals surface area contributed by atoms with Gasteiger partial charge in [-0.25, -0.2) is 4.39 Å². The molecule has 21 heavy (non-hydrogen) atoms. The molecule has 0 bridgehead atoms. The summed E-state index contributed by atoms with van der Waals surface area (Å²) in [6, 6.07) is 11.2. The zero-order chi connectivity index (χ0) is 15.2. The minimum atomic E-state index is -2.81. The smallest absolute Gasteiger partial charge is 0.387 e. The van der Waals surface area contributed by atoms with Gasteiger partial charge in [-0.05, 0) is 51.3 Å². The Morgan fingerprint density at radius 3 is 2.24 bits per heavy atom. The van der Waals surface area contributed by atoms with Crippen LogP contribution in [0.15, 0.2) is 46.9 Å². The molecule has 0 aliphatic carbocycles. The average molecular weight is 360 g/mol. The van der Waals surface area contributed by atoms with E-state index in [2.05, 4.69) is 26.0 Å². The van der Waals surface area contributed by atoms with Gasteiger partial charge in [0.1, 0.15) is 11.6 Å². The van der Waals surface area contributed by atoms with Gasteiger partial charge in [0.15, 0.2) is 0 Å². The van der Waals surface area contributed by atoms with Crippen LogP contribution in [0.25, 0.3) is 0 Å². The second kappa shape index (κ2) is 7.47.